The summed E-state index contributed by atoms with van der Waals surface area (Å²) in [6.45, 7) is 11.0. The second-order valence-corrected chi connectivity index (χ2v) is 7.51. The number of alkyl halides is 1. The quantitative estimate of drug-likeness (QED) is 0.377. The minimum atomic E-state index is 0.257. The first-order valence-corrected chi connectivity index (χ1v) is 8.80. The number of benzene rings is 2. The minimum absolute atomic E-state index is 0.257. The maximum Gasteiger partial charge on any atom is 0.0660 e. The van der Waals surface area contributed by atoms with Crippen molar-refractivity contribution in [2.45, 2.75) is 39.4 Å². The summed E-state index contributed by atoms with van der Waals surface area (Å²) in [5, 5.41) is 0. The van der Waals surface area contributed by atoms with E-state index in [1.54, 1.807) is 0 Å². The third kappa shape index (κ3) is 2.82. The Morgan fingerprint density at radius 1 is 0.900 bits per heavy atom. The van der Waals surface area contributed by atoms with Gasteiger partial charge in [-0.1, -0.05) is 40.2 Å². The van der Waals surface area contributed by atoms with Crippen LogP contribution in [0.3, 0.4) is 0 Å². The molecule has 0 fully saturated rings. The van der Waals surface area contributed by atoms with E-state index in [1.807, 2.05) is 0 Å². The van der Waals surface area contributed by atoms with Crippen LogP contribution in [-0.4, -0.2) is 0 Å². The molecule has 0 aliphatic carbocycles. The Bertz CT molecular complexity index is 633. The third-order valence-corrected chi connectivity index (χ3v) is 6.60. The first-order valence-electron chi connectivity index (χ1n) is 6.81. The predicted molar refractivity (Wildman–Crippen MR) is 100 cm³/mol. The fraction of sp³-hybridized carbons (Fsp3) is 0.333. The second kappa shape index (κ2) is 6.18. The molecule has 20 heavy (non-hydrogen) atoms. The van der Waals surface area contributed by atoms with E-state index >= 15 is 0 Å². The highest BCUT2D eigenvalue weighted by Crippen LogP contribution is 2.39. The lowest BCUT2D eigenvalue weighted by atomic mass is 9.90. The lowest BCUT2D eigenvalue weighted by Crippen LogP contribution is -2.05. The molecule has 106 valence electrons. The summed E-state index contributed by atoms with van der Waals surface area (Å²) in [7, 11) is 0. The van der Waals surface area contributed by atoms with Crippen LogP contribution >= 0.6 is 38.5 Å². The summed E-state index contributed by atoms with van der Waals surface area (Å²) in [4.78, 5) is 0.257. The van der Waals surface area contributed by atoms with Crippen molar-refractivity contribution in [3.63, 3.8) is 0 Å². The van der Waals surface area contributed by atoms with Crippen LogP contribution in [0, 0.1) is 38.2 Å². The van der Waals surface area contributed by atoms with Crippen LogP contribution in [0.2, 0.25) is 0 Å². The number of hydrogen-bond donors (Lipinski definition) is 0. The average Bonchev–Trinajstić information content (AvgIpc) is 2.40. The van der Waals surface area contributed by atoms with Crippen LogP contribution in [0.5, 0.6) is 0 Å². The average molecular weight is 443 g/mol. The fourth-order valence-electron chi connectivity index (χ4n) is 2.65. The lowest BCUT2D eigenvalue weighted by Gasteiger charge is -2.21. The standard InChI is InChI=1S/C18H20BrI/c1-10-7-6-8-15(18(10)20)17(19)16-13(4)11(2)9-12(3)14(16)5/h6-9,17H,1-5H3. The smallest absolute Gasteiger partial charge is 0.0660 e. The number of halogens is 2. The molecule has 0 amide bonds. The van der Waals surface area contributed by atoms with Gasteiger partial charge < -0.3 is 0 Å². The van der Waals surface area contributed by atoms with E-state index in [-0.39, 0.29) is 4.83 Å². The SMILES string of the molecule is Cc1cc(C)c(C)c(C(Br)c2cccc(C)c2I)c1C. The molecule has 0 aliphatic rings. The molecule has 0 bridgehead atoms. The molecule has 1 atom stereocenters. The first-order chi connectivity index (χ1) is 9.34. The van der Waals surface area contributed by atoms with Gasteiger partial charge in [-0.15, -0.1) is 0 Å². The third-order valence-electron chi connectivity index (χ3n) is 4.17. The Balaban J connectivity index is 2.65. The van der Waals surface area contributed by atoms with E-state index in [1.165, 1.54) is 42.5 Å². The molecule has 1 unspecified atom stereocenters. The minimum Gasteiger partial charge on any atom is -0.0786 e. The van der Waals surface area contributed by atoms with E-state index < -0.39 is 0 Å². The normalized spacial score (nSPS) is 12.6. The van der Waals surface area contributed by atoms with Crippen molar-refractivity contribution >= 4 is 38.5 Å². The lowest BCUT2D eigenvalue weighted by molar-refractivity contribution is 1.06. The van der Waals surface area contributed by atoms with Crippen LogP contribution in [0.4, 0.5) is 0 Å². The summed E-state index contributed by atoms with van der Waals surface area (Å²) in [5.74, 6) is 0. The molecule has 0 aromatic heterocycles. The van der Waals surface area contributed by atoms with Crippen molar-refractivity contribution in [2.24, 2.45) is 0 Å². The molecule has 2 aromatic carbocycles. The number of aryl methyl sites for hydroxylation is 3. The van der Waals surface area contributed by atoms with Crippen LogP contribution in [-0.2, 0) is 0 Å². The molecular formula is C18H20BrI. The van der Waals surface area contributed by atoms with Gasteiger partial charge in [0.25, 0.3) is 0 Å². The summed E-state index contributed by atoms with van der Waals surface area (Å²) in [5.41, 5.74) is 9.66. The molecule has 0 radical (unpaired) electrons. The van der Waals surface area contributed by atoms with Crippen molar-refractivity contribution in [1.29, 1.82) is 0 Å². The van der Waals surface area contributed by atoms with Crippen molar-refractivity contribution in [2.75, 3.05) is 0 Å². The molecule has 0 saturated heterocycles. The predicted octanol–water partition coefficient (Wildman–Crippen LogP) is 6.32. The molecule has 0 N–H and O–H groups in total. The van der Waals surface area contributed by atoms with E-state index in [9.17, 15) is 0 Å². The van der Waals surface area contributed by atoms with Crippen molar-refractivity contribution in [3.05, 3.63) is 66.8 Å². The molecule has 0 spiro atoms. The van der Waals surface area contributed by atoms with Gasteiger partial charge >= 0.3 is 0 Å². The van der Waals surface area contributed by atoms with Gasteiger partial charge in [-0.25, -0.2) is 0 Å². The van der Waals surface area contributed by atoms with Crippen LogP contribution < -0.4 is 0 Å². The summed E-state index contributed by atoms with van der Waals surface area (Å²) < 4.78 is 1.35. The number of hydrogen-bond acceptors (Lipinski definition) is 0. The maximum atomic E-state index is 3.94. The Kier molecular flexibility index (Phi) is 4.96. The van der Waals surface area contributed by atoms with E-state index in [4.69, 9.17) is 0 Å². The largest absolute Gasteiger partial charge is 0.0786 e. The van der Waals surface area contributed by atoms with Gasteiger partial charge in [-0.3, -0.25) is 0 Å². The zero-order valence-corrected chi connectivity index (χ0v) is 16.4. The zero-order chi connectivity index (χ0) is 15.0. The fourth-order valence-corrected chi connectivity index (χ4v) is 4.82. The van der Waals surface area contributed by atoms with Gasteiger partial charge in [0.15, 0.2) is 0 Å². The molecule has 0 aliphatic heterocycles. The Labute approximate surface area is 144 Å². The summed E-state index contributed by atoms with van der Waals surface area (Å²) in [6.07, 6.45) is 0. The van der Waals surface area contributed by atoms with Crippen LogP contribution in [0.15, 0.2) is 24.3 Å². The van der Waals surface area contributed by atoms with E-state index in [2.05, 4.69) is 97.4 Å². The highest BCUT2D eigenvalue weighted by atomic mass is 127. The van der Waals surface area contributed by atoms with Crippen LogP contribution in [0.25, 0.3) is 0 Å². The second-order valence-electron chi connectivity index (χ2n) is 5.51. The summed E-state index contributed by atoms with van der Waals surface area (Å²) >= 11 is 6.40. The Morgan fingerprint density at radius 2 is 1.45 bits per heavy atom. The van der Waals surface area contributed by atoms with E-state index in [0.717, 1.165) is 0 Å². The van der Waals surface area contributed by atoms with E-state index in [0.29, 0.717) is 0 Å². The highest BCUT2D eigenvalue weighted by Gasteiger charge is 2.20. The number of rotatable bonds is 2. The van der Waals surface area contributed by atoms with Crippen molar-refractivity contribution < 1.29 is 0 Å². The maximum absolute atomic E-state index is 3.94. The van der Waals surface area contributed by atoms with Crippen LogP contribution in [0.1, 0.15) is 43.8 Å². The molecule has 2 aromatic rings. The first kappa shape index (κ1) is 16.0. The molecule has 0 heterocycles. The van der Waals surface area contributed by atoms with Crippen molar-refractivity contribution in [3.8, 4) is 0 Å². The van der Waals surface area contributed by atoms with Gasteiger partial charge in [0.05, 0.1) is 4.83 Å². The highest BCUT2D eigenvalue weighted by molar-refractivity contribution is 14.1. The zero-order valence-electron chi connectivity index (χ0n) is 12.6. The molecule has 2 rings (SSSR count). The van der Waals surface area contributed by atoms with Gasteiger partial charge in [-0.05, 0) is 96.2 Å². The van der Waals surface area contributed by atoms with Crippen molar-refractivity contribution in [1.82, 2.24) is 0 Å². The van der Waals surface area contributed by atoms with Gasteiger partial charge in [0.2, 0.25) is 0 Å². The molecular weight excluding hydrogens is 423 g/mol. The Morgan fingerprint density at radius 3 is 2.00 bits per heavy atom. The Hall–Kier alpha value is -0.350. The van der Waals surface area contributed by atoms with Gasteiger partial charge in [0, 0.05) is 3.57 Å². The summed E-state index contributed by atoms with van der Waals surface area (Å²) in [6, 6.07) is 8.83. The molecule has 0 saturated carbocycles. The van der Waals surface area contributed by atoms with Gasteiger partial charge in [-0.2, -0.15) is 0 Å². The van der Waals surface area contributed by atoms with Gasteiger partial charge in [0.1, 0.15) is 0 Å². The molecule has 2 heteroatoms. The topological polar surface area (TPSA) is 0 Å². The molecule has 0 nitrogen and oxygen atoms in total. The monoisotopic (exact) mass is 442 g/mol.